The first-order valence-corrected chi connectivity index (χ1v) is 9.38. The van der Waals surface area contributed by atoms with Crippen molar-refractivity contribution in [3.05, 3.63) is 84.9 Å². The first kappa shape index (κ1) is 17.7. The van der Waals surface area contributed by atoms with Gasteiger partial charge in [0.2, 0.25) is 0 Å². The van der Waals surface area contributed by atoms with Crippen LogP contribution in [0.4, 0.5) is 11.4 Å². The number of hydrogen-bond acceptors (Lipinski definition) is 4. The molecule has 0 unspecified atom stereocenters. The maximum atomic E-state index is 7.00. The highest BCUT2D eigenvalue weighted by atomic mass is 32.2. The van der Waals surface area contributed by atoms with Gasteiger partial charge in [0.05, 0.1) is 11.4 Å². The Morgan fingerprint density at radius 3 is 2.19 bits per heavy atom. The molecule has 0 atom stereocenters. The molecule has 0 saturated heterocycles. The highest BCUT2D eigenvalue weighted by Crippen LogP contribution is 2.48. The number of rotatable bonds is 1. The van der Waals surface area contributed by atoms with Gasteiger partial charge < -0.3 is 15.4 Å². The summed E-state index contributed by atoms with van der Waals surface area (Å²) >= 11 is 1.83. The van der Waals surface area contributed by atoms with E-state index in [2.05, 4.69) is 90.2 Å². The van der Waals surface area contributed by atoms with Crippen LogP contribution in [0.15, 0.2) is 94.7 Å². The molecule has 1 radical (unpaired) electrons. The van der Waals surface area contributed by atoms with Crippen molar-refractivity contribution in [2.75, 3.05) is 5.32 Å². The molecule has 1 aliphatic rings. The Bertz CT molecular complexity index is 1100. The minimum Gasteiger partial charge on any atom is -0.429 e. The van der Waals surface area contributed by atoms with Crippen molar-refractivity contribution in [1.82, 2.24) is 0 Å². The Morgan fingerprint density at radius 1 is 0.667 bits per heavy atom. The SMILES string of the molecule is O[B]O.c1ccc2c(c1)Nc1c(cccc1-c1cccc3ccccc13)S2. The molecule has 0 fully saturated rings. The molecular formula is C22H17BNO2S. The van der Waals surface area contributed by atoms with E-state index in [1.54, 1.807) is 0 Å². The smallest absolute Gasteiger partial charge is 0.429 e. The van der Waals surface area contributed by atoms with Gasteiger partial charge in [0.15, 0.2) is 0 Å². The Hall–Kier alpha value is -2.73. The van der Waals surface area contributed by atoms with Gasteiger partial charge in [-0.1, -0.05) is 78.5 Å². The summed E-state index contributed by atoms with van der Waals surface area (Å²) in [5.74, 6) is 0. The second-order valence-electron chi connectivity index (χ2n) is 6.04. The van der Waals surface area contributed by atoms with Crippen molar-refractivity contribution in [1.29, 1.82) is 0 Å². The van der Waals surface area contributed by atoms with Crippen LogP contribution < -0.4 is 5.32 Å². The third kappa shape index (κ3) is 3.45. The Morgan fingerprint density at radius 2 is 1.30 bits per heavy atom. The van der Waals surface area contributed by atoms with Crippen LogP contribution in [0.5, 0.6) is 0 Å². The van der Waals surface area contributed by atoms with Crippen molar-refractivity contribution in [2.24, 2.45) is 0 Å². The van der Waals surface area contributed by atoms with Gasteiger partial charge in [0.25, 0.3) is 0 Å². The van der Waals surface area contributed by atoms with Crippen LogP contribution >= 0.6 is 11.8 Å². The van der Waals surface area contributed by atoms with E-state index in [-0.39, 0.29) is 7.69 Å². The average molecular weight is 370 g/mol. The van der Waals surface area contributed by atoms with Gasteiger partial charge in [0, 0.05) is 15.4 Å². The van der Waals surface area contributed by atoms with E-state index >= 15 is 0 Å². The normalized spacial score (nSPS) is 11.5. The molecule has 1 heterocycles. The zero-order valence-corrected chi connectivity index (χ0v) is 15.3. The zero-order valence-electron chi connectivity index (χ0n) is 14.5. The van der Waals surface area contributed by atoms with Gasteiger partial charge in [-0.05, 0) is 34.5 Å². The monoisotopic (exact) mass is 370 g/mol. The van der Waals surface area contributed by atoms with Crippen LogP contribution in [0.3, 0.4) is 0 Å². The number of benzene rings is 4. The molecule has 5 rings (SSSR count). The molecule has 3 N–H and O–H groups in total. The van der Waals surface area contributed by atoms with Gasteiger partial charge in [0.1, 0.15) is 0 Å². The molecular weight excluding hydrogens is 353 g/mol. The summed E-state index contributed by atoms with van der Waals surface area (Å²) in [7, 11) is 0. The molecule has 0 aromatic heterocycles. The molecule has 27 heavy (non-hydrogen) atoms. The fourth-order valence-corrected chi connectivity index (χ4v) is 4.36. The maximum absolute atomic E-state index is 7.00. The second kappa shape index (κ2) is 7.88. The van der Waals surface area contributed by atoms with Crippen LogP contribution in [0.25, 0.3) is 21.9 Å². The molecule has 0 saturated carbocycles. The molecule has 0 spiro atoms. The summed E-state index contributed by atoms with van der Waals surface area (Å²) in [6.45, 7) is 0. The number of fused-ring (bicyclic) bond motifs is 3. The molecule has 131 valence electrons. The third-order valence-electron chi connectivity index (χ3n) is 4.47. The molecule has 4 aromatic rings. The molecule has 0 bridgehead atoms. The minimum atomic E-state index is 0. The summed E-state index contributed by atoms with van der Waals surface area (Å²) in [6, 6.07) is 30.1. The van der Waals surface area contributed by atoms with Crippen molar-refractivity contribution in [3.8, 4) is 11.1 Å². The fourth-order valence-electron chi connectivity index (χ4n) is 3.34. The summed E-state index contributed by atoms with van der Waals surface area (Å²) < 4.78 is 0. The molecule has 4 aromatic carbocycles. The Kier molecular flexibility index (Phi) is 5.16. The van der Waals surface area contributed by atoms with Crippen molar-refractivity contribution < 1.29 is 10.0 Å². The number of para-hydroxylation sites is 2. The lowest BCUT2D eigenvalue weighted by atomic mass is 9.97. The summed E-state index contributed by atoms with van der Waals surface area (Å²) in [6.07, 6.45) is 0. The molecule has 0 amide bonds. The lowest BCUT2D eigenvalue weighted by Gasteiger charge is -2.23. The maximum Gasteiger partial charge on any atom is 0.482 e. The molecule has 5 heteroatoms. The Labute approximate surface area is 163 Å². The first-order valence-electron chi connectivity index (χ1n) is 8.57. The lowest BCUT2D eigenvalue weighted by molar-refractivity contribution is 0.448. The van der Waals surface area contributed by atoms with Crippen LogP contribution in [0.2, 0.25) is 0 Å². The van der Waals surface area contributed by atoms with E-state index in [4.69, 9.17) is 10.0 Å². The number of anilines is 2. The standard InChI is InChI=1S/C22H15NS.BH2O2/c1-2-9-16-15(7-1)8-5-10-17(16)18-11-6-14-21-22(18)23-19-12-3-4-13-20(19)24-21;2-1-3/h1-14,23H;2-3H. The first-order chi connectivity index (χ1) is 13.3. The number of hydrogen-bond donors (Lipinski definition) is 3. The average Bonchev–Trinajstić information content (AvgIpc) is 2.72. The summed E-state index contributed by atoms with van der Waals surface area (Å²) in [5, 5.41) is 20.2. The fraction of sp³-hybridized carbons (Fsp3) is 0. The predicted octanol–water partition coefficient (Wildman–Crippen LogP) is 5.22. The number of nitrogens with one attached hydrogen (secondary N) is 1. The van der Waals surface area contributed by atoms with E-state index in [1.807, 2.05) is 11.8 Å². The van der Waals surface area contributed by atoms with Crippen molar-refractivity contribution >= 4 is 41.6 Å². The van der Waals surface area contributed by atoms with Gasteiger partial charge in [-0.2, -0.15) is 0 Å². The highest BCUT2D eigenvalue weighted by Gasteiger charge is 2.19. The minimum absolute atomic E-state index is 0. The van der Waals surface area contributed by atoms with Gasteiger partial charge in [-0.15, -0.1) is 0 Å². The quantitative estimate of drug-likeness (QED) is 0.354. The summed E-state index contributed by atoms with van der Waals surface area (Å²) in [5.41, 5.74) is 4.92. The van der Waals surface area contributed by atoms with Gasteiger partial charge in [-0.25, -0.2) is 0 Å². The lowest BCUT2D eigenvalue weighted by Crippen LogP contribution is -2.01. The van der Waals surface area contributed by atoms with E-state index in [0.29, 0.717) is 0 Å². The van der Waals surface area contributed by atoms with E-state index < -0.39 is 0 Å². The second-order valence-corrected chi connectivity index (χ2v) is 7.13. The van der Waals surface area contributed by atoms with Gasteiger partial charge >= 0.3 is 7.69 Å². The van der Waals surface area contributed by atoms with Crippen LogP contribution in [-0.2, 0) is 0 Å². The molecule has 3 nitrogen and oxygen atoms in total. The largest absolute Gasteiger partial charge is 0.482 e. The van der Waals surface area contributed by atoms with Crippen molar-refractivity contribution in [3.63, 3.8) is 0 Å². The molecule has 1 aliphatic heterocycles. The molecule has 0 aliphatic carbocycles. The van der Waals surface area contributed by atoms with E-state index in [0.717, 1.165) is 0 Å². The van der Waals surface area contributed by atoms with Crippen LogP contribution in [-0.4, -0.2) is 17.7 Å². The van der Waals surface area contributed by atoms with E-state index in [9.17, 15) is 0 Å². The van der Waals surface area contributed by atoms with Crippen molar-refractivity contribution in [2.45, 2.75) is 9.79 Å². The third-order valence-corrected chi connectivity index (χ3v) is 5.61. The summed E-state index contributed by atoms with van der Waals surface area (Å²) in [4.78, 5) is 2.55. The highest BCUT2D eigenvalue weighted by molar-refractivity contribution is 7.99. The van der Waals surface area contributed by atoms with Crippen LogP contribution in [0.1, 0.15) is 0 Å². The Balaban J connectivity index is 0.000000565. The zero-order chi connectivity index (χ0) is 18.6. The van der Waals surface area contributed by atoms with E-state index in [1.165, 1.54) is 43.1 Å². The predicted molar refractivity (Wildman–Crippen MR) is 113 cm³/mol. The van der Waals surface area contributed by atoms with Gasteiger partial charge in [-0.3, -0.25) is 0 Å². The topological polar surface area (TPSA) is 52.5 Å². The van der Waals surface area contributed by atoms with Crippen LogP contribution in [0, 0.1) is 0 Å².